The van der Waals surface area contributed by atoms with Gasteiger partial charge < -0.3 is 0 Å². The number of halogens is 2. The number of carbonyl (C=O) groups is 1. The molecule has 2 aromatic carbocycles. The van der Waals surface area contributed by atoms with Gasteiger partial charge in [-0.2, -0.15) is 5.10 Å². The van der Waals surface area contributed by atoms with E-state index in [4.69, 9.17) is 11.6 Å². The van der Waals surface area contributed by atoms with Gasteiger partial charge >= 0.3 is 0 Å². The Kier molecular flexibility index (Phi) is 5.17. The molecule has 0 aliphatic rings. The molecule has 1 aromatic heterocycles. The highest BCUT2D eigenvalue weighted by atomic mass is 79.9. The fraction of sp³-hybridized carbons (Fsp3) is 0.0588. The lowest BCUT2D eigenvalue weighted by atomic mass is 10.1. The van der Waals surface area contributed by atoms with Crippen LogP contribution in [0.2, 0.25) is 5.02 Å². The Labute approximate surface area is 164 Å². The maximum absolute atomic E-state index is 12.5. The van der Waals surface area contributed by atoms with E-state index in [1.54, 1.807) is 28.9 Å². The molecule has 3 aromatic rings. The third kappa shape index (κ3) is 4.14. The van der Waals surface area contributed by atoms with Crippen molar-refractivity contribution in [2.75, 3.05) is 6.26 Å². The van der Waals surface area contributed by atoms with Gasteiger partial charge in [0, 0.05) is 15.1 Å². The summed E-state index contributed by atoms with van der Waals surface area (Å²) in [5.74, 6) is -0.748. The second-order valence-electron chi connectivity index (χ2n) is 5.51. The molecule has 1 heterocycles. The van der Waals surface area contributed by atoms with Gasteiger partial charge in [-0.15, -0.1) is 0 Å². The van der Waals surface area contributed by atoms with Crippen LogP contribution in [0.5, 0.6) is 0 Å². The van der Waals surface area contributed by atoms with E-state index in [1.807, 2.05) is 29.0 Å². The van der Waals surface area contributed by atoms with Crippen molar-refractivity contribution in [1.29, 1.82) is 0 Å². The van der Waals surface area contributed by atoms with Crippen LogP contribution in [0, 0.1) is 0 Å². The predicted octanol–water partition coefficient (Wildman–Crippen LogP) is 3.64. The molecule has 0 saturated heterocycles. The van der Waals surface area contributed by atoms with Crippen molar-refractivity contribution >= 4 is 43.5 Å². The van der Waals surface area contributed by atoms with Gasteiger partial charge in [0.05, 0.1) is 29.4 Å². The molecule has 134 valence electrons. The quantitative estimate of drug-likeness (QED) is 0.652. The number of nitrogens with one attached hydrogen (secondary N) is 1. The first kappa shape index (κ1) is 18.6. The minimum absolute atomic E-state index is 0.142. The van der Waals surface area contributed by atoms with Crippen molar-refractivity contribution in [3.05, 3.63) is 69.8 Å². The Morgan fingerprint density at radius 3 is 2.50 bits per heavy atom. The van der Waals surface area contributed by atoms with E-state index >= 15 is 0 Å². The summed E-state index contributed by atoms with van der Waals surface area (Å²) in [7, 11) is -3.70. The van der Waals surface area contributed by atoms with E-state index in [0.29, 0.717) is 22.0 Å². The molecular formula is C17H13BrClN3O3S. The van der Waals surface area contributed by atoms with Gasteiger partial charge in [-0.3, -0.25) is 4.79 Å². The third-order valence-corrected chi connectivity index (χ3v) is 4.76. The first-order valence-corrected chi connectivity index (χ1v) is 10.4. The molecule has 0 aliphatic heterocycles. The van der Waals surface area contributed by atoms with Crippen molar-refractivity contribution in [1.82, 2.24) is 14.5 Å². The predicted molar refractivity (Wildman–Crippen MR) is 104 cm³/mol. The second-order valence-corrected chi connectivity index (χ2v) is 8.61. The molecule has 0 radical (unpaired) electrons. The fourth-order valence-electron chi connectivity index (χ4n) is 2.43. The monoisotopic (exact) mass is 453 g/mol. The van der Waals surface area contributed by atoms with E-state index < -0.39 is 15.9 Å². The van der Waals surface area contributed by atoms with Gasteiger partial charge in [0.2, 0.25) is 10.0 Å². The highest BCUT2D eigenvalue weighted by Gasteiger charge is 2.22. The molecule has 0 aliphatic carbocycles. The standard InChI is InChI=1S/C17H13BrClN3O3S/c1-26(24,25)21-17(23)15-10-20-22(14-7-5-13(19)6-8-14)16(15)11-3-2-4-12(18)9-11/h2-10H,1H3,(H,21,23). The number of rotatable bonds is 4. The topological polar surface area (TPSA) is 81.1 Å². The number of benzene rings is 2. The average Bonchev–Trinajstić information content (AvgIpc) is 2.99. The summed E-state index contributed by atoms with van der Waals surface area (Å²) >= 11 is 9.34. The Morgan fingerprint density at radius 1 is 1.19 bits per heavy atom. The number of nitrogens with zero attached hydrogens (tertiary/aromatic N) is 2. The smallest absolute Gasteiger partial charge is 0.268 e. The van der Waals surface area contributed by atoms with E-state index in [1.165, 1.54) is 6.20 Å². The minimum atomic E-state index is -3.70. The van der Waals surface area contributed by atoms with E-state index in [0.717, 1.165) is 10.7 Å². The molecule has 0 fully saturated rings. The first-order valence-electron chi connectivity index (χ1n) is 7.36. The van der Waals surface area contributed by atoms with Crippen LogP contribution in [-0.4, -0.2) is 30.4 Å². The van der Waals surface area contributed by atoms with Crippen molar-refractivity contribution in [2.45, 2.75) is 0 Å². The fourth-order valence-corrected chi connectivity index (χ4v) is 3.40. The van der Waals surface area contributed by atoms with E-state index in [-0.39, 0.29) is 5.56 Å². The van der Waals surface area contributed by atoms with Crippen molar-refractivity contribution in [2.24, 2.45) is 0 Å². The summed E-state index contributed by atoms with van der Waals surface area (Å²) in [4.78, 5) is 12.5. The zero-order valence-corrected chi connectivity index (χ0v) is 16.6. The van der Waals surface area contributed by atoms with Crippen molar-refractivity contribution in [3.63, 3.8) is 0 Å². The first-order chi connectivity index (χ1) is 12.2. The zero-order valence-electron chi connectivity index (χ0n) is 13.5. The largest absolute Gasteiger partial charge is 0.268 e. The van der Waals surface area contributed by atoms with Crippen LogP contribution in [0.25, 0.3) is 16.9 Å². The molecular weight excluding hydrogens is 442 g/mol. The Bertz CT molecular complexity index is 1080. The van der Waals surface area contributed by atoms with Gasteiger partial charge in [-0.1, -0.05) is 39.7 Å². The highest BCUT2D eigenvalue weighted by molar-refractivity contribution is 9.10. The highest BCUT2D eigenvalue weighted by Crippen LogP contribution is 2.29. The molecule has 0 saturated carbocycles. The summed E-state index contributed by atoms with van der Waals surface area (Å²) in [5.41, 5.74) is 1.99. The summed E-state index contributed by atoms with van der Waals surface area (Å²) in [6.07, 6.45) is 2.26. The Balaban J connectivity index is 2.20. The zero-order chi connectivity index (χ0) is 18.9. The van der Waals surface area contributed by atoms with Crippen molar-refractivity contribution in [3.8, 4) is 16.9 Å². The summed E-state index contributed by atoms with van der Waals surface area (Å²) in [6.45, 7) is 0. The molecule has 0 unspecified atom stereocenters. The van der Waals surface area contributed by atoms with Crippen LogP contribution in [0.15, 0.2) is 59.2 Å². The minimum Gasteiger partial charge on any atom is -0.268 e. The second kappa shape index (κ2) is 7.22. The Morgan fingerprint density at radius 2 is 1.88 bits per heavy atom. The lowest BCUT2D eigenvalue weighted by Crippen LogP contribution is -2.29. The van der Waals surface area contributed by atoms with Gasteiger partial charge in [0.1, 0.15) is 0 Å². The maximum Gasteiger partial charge on any atom is 0.268 e. The molecule has 3 rings (SSSR count). The molecule has 1 amide bonds. The van der Waals surface area contributed by atoms with Crippen LogP contribution in [0.1, 0.15) is 10.4 Å². The third-order valence-electron chi connectivity index (χ3n) is 3.46. The molecule has 0 atom stereocenters. The van der Waals surface area contributed by atoms with Gasteiger partial charge in [-0.05, 0) is 36.4 Å². The van der Waals surface area contributed by atoms with Gasteiger partial charge in [-0.25, -0.2) is 17.8 Å². The number of hydrogen-bond acceptors (Lipinski definition) is 4. The van der Waals surface area contributed by atoms with Gasteiger partial charge in [0.25, 0.3) is 5.91 Å². The Hall–Kier alpha value is -2.16. The van der Waals surface area contributed by atoms with Crippen LogP contribution < -0.4 is 4.72 Å². The SMILES string of the molecule is CS(=O)(=O)NC(=O)c1cnn(-c2ccc(Cl)cc2)c1-c1cccc(Br)c1. The molecule has 6 nitrogen and oxygen atoms in total. The van der Waals surface area contributed by atoms with Crippen LogP contribution >= 0.6 is 27.5 Å². The van der Waals surface area contributed by atoms with E-state index in [2.05, 4.69) is 21.0 Å². The molecule has 9 heteroatoms. The van der Waals surface area contributed by atoms with E-state index in [9.17, 15) is 13.2 Å². The maximum atomic E-state index is 12.5. The summed E-state index contributed by atoms with van der Waals surface area (Å²) < 4.78 is 27.3. The molecule has 26 heavy (non-hydrogen) atoms. The number of sulfonamides is 1. The molecule has 0 bridgehead atoms. The number of aromatic nitrogens is 2. The lowest BCUT2D eigenvalue weighted by molar-refractivity contribution is 0.0982. The average molecular weight is 455 g/mol. The summed E-state index contributed by atoms with van der Waals surface area (Å²) in [5, 5.41) is 4.85. The van der Waals surface area contributed by atoms with Crippen LogP contribution in [0.4, 0.5) is 0 Å². The number of carbonyl (C=O) groups excluding carboxylic acids is 1. The molecule has 1 N–H and O–H groups in total. The van der Waals surface area contributed by atoms with Crippen LogP contribution in [-0.2, 0) is 10.0 Å². The molecule has 0 spiro atoms. The lowest BCUT2D eigenvalue weighted by Gasteiger charge is -2.11. The normalized spacial score (nSPS) is 11.3. The summed E-state index contributed by atoms with van der Waals surface area (Å²) in [6, 6.07) is 14.2. The number of hydrogen-bond donors (Lipinski definition) is 1. The van der Waals surface area contributed by atoms with Crippen molar-refractivity contribution < 1.29 is 13.2 Å². The van der Waals surface area contributed by atoms with Crippen LogP contribution in [0.3, 0.4) is 0 Å². The van der Waals surface area contributed by atoms with Gasteiger partial charge in [0.15, 0.2) is 0 Å². The number of amides is 1.